The standard InChI is InChI=1S/C11H17N3O2/c1-8(9-3-4-9)14-10(5-6-12-14)13-11(15)7-16-2/h5-6,8-9H,3-4,7H2,1-2H3,(H,13,15). The highest BCUT2D eigenvalue weighted by Crippen LogP contribution is 2.40. The molecule has 16 heavy (non-hydrogen) atoms. The molecule has 0 bridgehead atoms. The van der Waals surface area contributed by atoms with E-state index in [2.05, 4.69) is 17.3 Å². The van der Waals surface area contributed by atoms with Crippen LogP contribution in [0.15, 0.2) is 12.3 Å². The number of rotatable bonds is 5. The summed E-state index contributed by atoms with van der Waals surface area (Å²) in [6, 6.07) is 2.17. The molecule has 0 spiro atoms. The number of hydrogen-bond acceptors (Lipinski definition) is 3. The van der Waals surface area contributed by atoms with Crippen molar-refractivity contribution in [2.24, 2.45) is 5.92 Å². The summed E-state index contributed by atoms with van der Waals surface area (Å²) < 4.78 is 6.65. The Morgan fingerprint density at radius 3 is 3.12 bits per heavy atom. The number of nitrogens with one attached hydrogen (secondary N) is 1. The Kier molecular flexibility index (Phi) is 3.24. The summed E-state index contributed by atoms with van der Waals surface area (Å²) >= 11 is 0. The molecule has 1 heterocycles. The second kappa shape index (κ2) is 4.65. The molecular formula is C11H17N3O2. The molecule has 1 saturated carbocycles. The van der Waals surface area contributed by atoms with Crippen LogP contribution in [0.5, 0.6) is 0 Å². The lowest BCUT2D eigenvalue weighted by Crippen LogP contribution is -2.21. The van der Waals surface area contributed by atoms with Gasteiger partial charge in [-0.3, -0.25) is 4.79 Å². The molecule has 1 aromatic heterocycles. The SMILES string of the molecule is COCC(=O)Nc1ccnn1C(C)C1CC1. The summed E-state index contributed by atoms with van der Waals surface area (Å²) in [5.74, 6) is 1.31. The van der Waals surface area contributed by atoms with Crippen LogP contribution in [0.4, 0.5) is 5.82 Å². The van der Waals surface area contributed by atoms with Crippen LogP contribution < -0.4 is 5.32 Å². The van der Waals surface area contributed by atoms with E-state index in [1.807, 2.05) is 10.7 Å². The van der Waals surface area contributed by atoms with Crippen LogP contribution in [0.1, 0.15) is 25.8 Å². The fraction of sp³-hybridized carbons (Fsp3) is 0.636. The fourth-order valence-corrected chi connectivity index (χ4v) is 1.83. The van der Waals surface area contributed by atoms with E-state index in [0.717, 1.165) is 5.82 Å². The van der Waals surface area contributed by atoms with Crippen LogP contribution in [0.3, 0.4) is 0 Å². The normalized spacial score (nSPS) is 17.1. The third kappa shape index (κ3) is 2.41. The van der Waals surface area contributed by atoms with Gasteiger partial charge in [-0.1, -0.05) is 0 Å². The molecule has 5 nitrogen and oxygen atoms in total. The molecule has 1 amide bonds. The van der Waals surface area contributed by atoms with E-state index >= 15 is 0 Å². The van der Waals surface area contributed by atoms with Crippen LogP contribution in [0.25, 0.3) is 0 Å². The predicted octanol–water partition coefficient (Wildman–Crippen LogP) is 1.44. The van der Waals surface area contributed by atoms with Crippen molar-refractivity contribution in [1.29, 1.82) is 0 Å². The van der Waals surface area contributed by atoms with E-state index in [1.165, 1.54) is 20.0 Å². The molecule has 1 fully saturated rings. The zero-order valence-electron chi connectivity index (χ0n) is 9.64. The van der Waals surface area contributed by atoms with Gasteiger partial charge in [0.05, 0.1) is 12.2 Å². The Morgan fingerprint density at radius 2 is 2.50 bits per heavy atom. The number of ether oxygens (including phenoxy) is 1. The van der Waals surface area contributed by atoms with E-state index in [4.69, 9.17) is 4.74 Å². The smallest absolute Gasteiger partial charge is 0.251 e. The summed E-state index contributed by atoms with van der Waals surface area (Å²) in [4.78, 5) is 11.4. The summed E-state index contributed by atoms with van der Waals surface area (Å²) in [7, 11) is 1.50. The second-order valence-electron chi connectivity index (χ2n) is 4.22. The van der Waals surface area contributed by atoms with Crippen molar-refractivity contribution in [1.82, 2.24) is 9.78 Å². The lowest BCUT2D eigenvalue weighted by Gasteiger charge is -2.15. The van der Waals surface area contributed by atoms with Gasteiger partial charge >= 0.3 is 0 Å². The number of carbonyl (C=O) groups excluding carboxylic acids is 1. The van der Waals surface area contributed by atoms with E-state index in [9.17, 15) is 4.79 Å². The van der Waals surface area contributed by atoms with E-state index in [-0.39, 0.29) is 12.5 Å². The first-order valence-electron chi connectivity index (χ1n) is 5.54. The van der Waals surface area contributed by atoms with Gasteiger partial charge in [-0.25, -0.2) is 4.68 Å². The topological polar surface area (TPSA) is 56.1 Å². The van der Waals surface area contributed by atoms with Crippen LogP contribution in [0.2, 0.25) is 0 Å². The maximum atomic E-state index is 11.4. The third-order valence-corrected chi connectivity index (χ3v) is 2.90. The van der Waals surface area contributed by atoms with E-state index in [0.29, 0.717) is 12.0 Å². The number of amides is 1. The summed E-state index contributed by atoms with van der Waals surface area (Å²) in [6.07, 6.45) is 4.22. The van der Waals surface area contributed by atoms with Gasteiger partial charge in [-0.15, -0.1) is 0 Å². The van der Waals surface area contributed by atoms with Crippen molar-refractivity contribution in [2.75, 3.05) is 19.0 Å². The van der Waals surface area contributed by atoms with Crippen molar-refractivity contribution >= 4 is 11.7 Å². The number of carbonyl (C=O) groups is 1. The fourth-order valence-electron chi connectivity index (χ4n) is 1.83. The molecule has 1 atom stereocenters. The van der Waals surface area contributed by atoms with Crippen LogP contribution >= 0.6 is 0 Å². The average molecular weight is 223 g/mol. The number of anilines is 1. The zero-order valence-corrected chi connectivity index (χ0v) is 9.64. The molecule has 2 rings (SSSR count). The van der Waals surface area contributed by atoms with Crippen LogP contribution in [-0.2, 0) is 9.53 Å². The molecule has 0 saturated heterocycles. The molecule has 1 unspecified atom stereocenters. The summed E-state index contributed by atoms with van der Waals surface area (Å²) in [5, 5.41) is 7.04. The monoisotopic (exact) mass is 223 g/mol. The number of methoxy groups -OCH3 is 1. The molecule has 0 aliphatic heterocycles. The summed E-state index contributed by atoms with van der Waals surface area (Å²) in [5.41, 5.74) is 0. The maximum absolute atomic E-state index is 11.4. The quantitative estimate of drug-likeness (QED) is 0.821. The maximum Gasteiger partial charge on any atom is 0.251 e. The molecule has 88 valence electrons. The summed E-state index contributed by atoms with van der Waals surface area (Å²) in [6.45, 7) is 2.21. The Morgan fingerprint density at radius 1 is 1.75 bits per heavy atom. The number of aromatic nitrogens is 2. The Balaban J connectivity index is 2.03. The lowest BCUT2D eigenvalue weighted by molar-refractivity contribution is -0.119. The molecule has 1 aromatic rings. The van der Waals surface area contributed by atoms with Crippen molar-refractivity contribution in [3.63, 3.8) is 0 Å². The van der Waals surface area contributed by atoms with Crippen molar-refractivity contribution in [3.05, 3.63) is 12.3 Å². The highest BCUT2D eigenvalue weighted by Gasteiger charge is 2.30. The minimum Gasteiger partial charge on any atom is -0.375 e. The molecule has 5 heteroatoms. The average Bonchev–Trinajstić information content (AvgIpc) is 2.99. The van der Waals surface area contributed by atoms with Gasteiger partial charge in [-0.05, 0) is 25.7 Å². The first-order chi connectivity index (χ1) is 7.72. The van der Waals surface area contributed by atoms with Gasteiger partial charge in [0.25, 0.3) is 5.91 Å². The molecule has 0 radical (unpaired) electrons. The zero-order chi connectivity index (χ0) is 11.5. The highest BCUT2D eigenvalue weighted by atomic mass is 16.5. The Hall–Kier alpha value is -1.36. The highest BCUT2D eigenvalue weighted by molar-refractivity contribution is 5.90. The van der Waals surface area contributed by atoms with E-state index < -0.39 is 0 Å². The van der Waals surface area contributed by atoms with Gasteiger partial charge in [0.15, 0.2) is 0 Å². The number of nitrogens with zero attached hydrogens (tertiary/aromatic N) is 2. The molecule has 1 N–H and O–H groups in total. The van der Waals surface area contributed by atoms with Crippen LogP contribution in [-0.4, -0.2) is 29.4 Å². The first-order valence-corrected chi connectivity index (χ1v) is 5.54. The first kappa shape index (κ1) is 11.1. The van der Waals surface area contributed by atoms with Gasteiger partial charge in [0, 0.05) is 13.2 Å². The largest absolute Gasteiger partial charge is 0.375 e. The van der Waals surface area contributed by atoms with Gasteiger partial charge in [0.1, 0.15) is 12.4 Å². The third-order valence-electron chi connectivity index (χ3n) is 2.90. The molecular weight excluding hydrogens is 206 g/mol. The minimum absolute atomic E-state index is 0.0724. The molecule has 0 aromatic carbocycles. The Labute approximate surface area is 94.8 Å². The minimum atomic E-state index is -0.146. The molecule has 1 aliphatic carbocycles. The van der Waals surface area contributed by atoms with Gasteiger partial charge in [-0.2, -0.15) is 5.10 Å². The number of hydrogen-bond donors (Lipinski definition) is 1. The van der Waals surface area contributed by atoms with Crippen molar-refractivity contribution < 1.29 is 9.53 Å². The second-order valence-corrected chi connectivity index (χ2v) is 4.22. The van der Waals surface area contributed by atoms with Gasteiger partial charge < -0.3 is 10.1 Å². The predicted molar refractivity (Wildman–Crippen MR) is 60.2 cm³/mol. The Bertz CT molecular complexity index is 371. The van der Waals surface area contributed by atoms with Crippen molar-refractivity contribution in [3.8, 4) is 0 Å². The van der Waals surface area contributed by atoms with Crippen LogP contribution in [0, 0.1) is 5.92 Å². The lowest BCUT2D eigenvalue weighted by atomic mass is 10.2. The van der Waals surface area contributed by atoms with E-state index in [1.54, 1.807) is 6.20 Å². The van der Waals surface area contributed by atoms with Crippen molar-refractivity contribution in [2.45, 2.75) is 25.8 Å². The molecule has 1 aliphatic rings. The van der Waals surface area contributed by atoms with Gasteiger partial charge in [0.2, 0.25) is 0 Å².